The van der Waals surface area contributed by atoms with E-state index in [0.717, 1.165) is 9.75 Å². The van der Waals surface area contributed by atoms with Gasteiger partial charge >= 0.3 is 0 Å². The zero-order chi connectivity index (χ0) is 27.3. The highest BCUT2D eigenvalue weighted by Gasteiger charge is 2.79. The van der Waals surface area contributed by atoms with Crippen molar-refractivity contribution in [3.63, 3.8) is 0 Å². The largest absolute Gasteiger partial charge is 0.274 e. The number of carbonyl (C=O) groups is 2. The first-order valence-corrected chi connectivity index (χ1v) is 18.3. The molecule has 3 aliphatic heterocycles. The Kier molecular flexibility index (Phi) is 5.35. The van der Waals surface area contributed by atoms with Crippen LogP contribution in [0, 0.1) is 11.8 Å². The molecule has 4 atom stereocenters. The molecule has 9 rings (SSSR count). The normalized spacial score (nSPS) is 26.2. The second-order valence-corrected chi connectivity index (χ2v) is 16.6. The van der Waals surface area contributed by atoms with Crippen molar-refractivity contribution in [2.24, 2.45) is 11.8 Å². The molecular weight excluding hydrogens is 623 g/mol. The van der Waals surface area contributed by atoms with Crippen LogP contribution in [-0.4, -0.2) is 11.8 Å². The van der Waals surface area contributed by atoms with Crippen molar-refractivity contribution in [2.75, 3.05) is 4.90 Å². The number of thioether (sulfide) groups is 1. The Bertz CT molecular complexity index is 1800. The summed E-state index contributed by atoms with van der Waals surface area (Å²) in [4.78, 5) is 38.2. The van der Waals surface area contributed by atoms with Crippen LogP contribution in [-0.2, 0) is 19.1 Å². The van der Waals surface area contributed by atoms with E-state index in [1.807, 2.05) is 53.4 Å². The van der Waals surface area contributed by atoms with E-state index in [1.165, 1.54) is 35.5 Å². The van der Waals surface area contributed by atoms with E-state index < -0.39 is 21.3 Å². The quantitative estimate of drug-likeness (QED) is 0.176. The van der Waals surface area contributed by atoms with Gasteiger partial charge in [-0.15, -0.1) is 68.4 Å². The fourth-order valence-corrected chi connectivity index (χ4v) is 14.8. The lowest BCUT2D eigenvalue weighted by Crippen LogP contribution is -2.41. The average Bonchev–Trinajstić information content (AvgIpc) is 3.84. The Morgan fingerprint density at radius 1 is 0.561 bits per heavy atom. The molecule has 3 aliphatic rings. The number of hydrogen-bond acceptors (Lipinski definition) is 8. The summed E-state index contributed by atoms with van der Waals surface area (Å²) < 4.78 is -1.33. The highest BCUT2D eigenvalue weighted by atomic mass is 32.2. The van der Waals surface area contributed by atoms with Gasteiger partial charge in [-0.25, -0.2) is 4.90 Å². The third-order valence-corrected chi connectivity index (χ3v) is 16.0. The molecule has 0 radical (unpaired) electrons. The molecular formula is C32H19NO2S6. The topological polar surface area (TPSA) is 37.4 Å². The molecule has 9 heteroatoms. The van der Waals surface area contributed by atoms with E-state index in [1.54, 1.807) is 45.3 Å². The maximum atomic E-state index is 14.8. The third-order valence-electron chi connectivity index (χ3n) is 8.43. The number of imide groups is 1. The van der Waals surface area contributed by atoms with Gasteiger partial charge in [0.25, 0.3) is 0 Å². The van der Waals surface area contributed by atoms with Gasteiger partial charge in [0.1, 0.15) is 0 Å². The van der Waals surface area contributed by atoms with E-state index in [0.29, 0.717) is 5.69 Å². The van der Waals surface area contributed by atoms with Crippen LogP contribution in [0.15, 0.2) is 100 Å². The van der Waals surface area contributed by atoms with Crippen molar-refractivity contribution in [1.82, 2.24) is 0 Å². The van der Waals surface area contributed by atoms with Gasteiger partial charge in [-0.05, 0) is 69.0 Å². The number of amides is 2. The van der Waals surface area contributed by atoms with Crippen molar-refractivity contribution in [2.45, 2.75) is 9.49 Å². The second kappa shape index (κ2) is 8.86. The van der Waals surface area contributed by atoms with Crippen LogP contribution in [0.4, 0.5) is 5.69 Å². The summed E-state index contributed by atoms with van der Waals surface area (Å²) in [6.45, 7) is 0. The lowest BCUT2D eigenvalue weighted by atomic mass is 9.63. The summed E-state index contributed by atoms with van der Waals surface area (Å²) >= 11 is 10.6. The summed E-state index contributed by atoms with van der Waals surface area (Å²) in [5.74, 6) is -1.18. The van der Waals surface area contributed by atoms with Crippen molar-refractivity contribution in [1.29, 1.82) is 0 Å². The highest BCUT2D eigenvalue weighted by molar-refractivity contribution is 8.02. The molecule has 1 aromatic carbocycles. The van der Waals surface area contributed by atoms with E-state index in [9.17, 15) is 9.59 Å². The number of fused-ring (bicyclic) bond motifs is 8. The van der Waals surface area contributed by atoms with Gasteiger partial charge in [0.2, 0.25) is 11.8 Å². The van der Waals surface area contributed by atoms with Gasteiger partial charge in [-0.2, -0.15) is 0 Å². The molecule has 0 spiro atoms. The standard InChI is InChI=1S/C32H19NO2S6/c34-29-25-26(30(35)33(29)18-8-2-1-3-9-18)32(22-13-7-17-39-22)24-23(31(25,41-32)21-12-6-16-38-21)27(19-10-4-14-36-19)40-28(24)20-11-5-15-37-20/h1-17,25-26H/t25-,26+,31-,32+. The van der Waals surface area contributed by atoms with Crippen LogP contribution in [0.1, 0.15) is 20.9 Å². The van der Waals surface area contributed by atoms with Crippen molar-refractivity contribution in [3.8, 4) is 19.5 Å². The van der Waals surface area contributed by atoms with Gasteiger partial charge in [-0.1, -0.05) is 42.5 Å². The lowest BCUT2D eigenvalue weighted by molar-refractivity contribution is -0.122. The molecule has 2 saturated heterocycles. The summed E-state index contributed by atoms with van der Waals surface area (Å²) in [6, 6.07) is 26.6. The number of thiophene rings is 5. The van der Waals surface area contributed by atoms with Crippen LogP contribution in [0.3, 0.4) is 0 Å². The number of para-hydroxylation sites is 1. The van der Waals surface area contributed by atoms with Crippen LogP contribution in [0.25, 0.3) is 19.5 Å². The average molecular weight is 642 g/mol. The first kappa shape index (κ1) is 24.8. The Labute approximate surface area is 260 Å². The molecule has 0 aliphatic carbocycles. The summed E-state index contributed by atoms with van der Waals surface area (Å²) in [5.41, 5.74) is 3.14. The summed E-state index contributed by atoms with van der Waals surface area (Å²) in [6.07, 6.45) is 0. The van der Waals surface area contributed by atoms with Gasteiger partial charge in [0.05, 0.1) is 36.8 Å². The molecule has 2 amide bonds. The lowest BCUT2D eigenvalue weighted by Gasteiger charge is -2.35. The number of rotatable bonds is 5. The van der Waals surface area contributed by atoms with Crippen LogP contribution in [0.5, 0.6) is 0 Å². The van der Waals surface area contributed by atoms with Crippen LogP contribution < -0.4 is 4.90 Å². The van der Waals surface area contributed by atoms with Gasteiger partial charge < -0.3 is 0 Å². The van der Waals surface area contributed by atoms with Crippen molar-refractivity contribution < 1.29 is 9.59 Å². The van der Waals surface area contributed by atoms with E-state index in [4.69, 9.17) is 0 Å². The second-order valence-electron chi connectivity index (χ2n) is 10.3. The number of carbonyl (C=O) groups excluding carboxylic acids is 2. The Morgan fingerprint density at radius 2 is 1.05 bits per heavy atom. The monoisotopic (exact) mass is 641 g/mol. The molecule has 0 N–H and O–H groups in total. The number of hydrogen-bond donors (Lipinski definition) is 0. The number of nitrogens with zero attached hydrogens (tertiary/aromatic N) is 1. The SMILES string of the molecule is O=C1[C@@H]2[C@H](C(=O)N1c1ccccc1)[C@]1(c3cccs3)S[C@@]2(c2cccs2)c2c(-c3cccs3)sc(-c3cccs3)c21. The molecule has 5 aromatic heterocycles. The molecule has 200 valence electrons. The number of benzene rings is 1. The maximum Gasteiger partial charge on any atom is 0.239 e. The van der Waals surface area contributed by atoms with Gasteiger partial charge in [0.15, 0.2) is 0 Å². The predicted octanol–water partition coefficient (Wildman–Crippen LogP) is 9.38. The molecule has 2 bridgehead atoms. The summed E-state index contributed by atoms with van der Waals surface area (Å²) in [5, 5.41) is 8.47. The molecule has 6 aromatic rings. The zero-order valence-corrected chi connectivity index (χ0v) is 26.1. The fourth-order valence-electron chi connectivity index (χ4n) is 7.05. The number of anilines is 1. The first-order chi connectivity index (χ1) is 20.2. The molecule has 0 saturated carbocycles. The van der Waals surface area contributed by atoms with Crippen molar-refractivity contribution >= 4 is 85.9 Å². The first-order valence-electron chi connectivity index (χ1n) is 13.1. The smallest absolute Gasteiger partial charge is 0.239 e. The zero-order valence-electron chi connectivity index (χ0n) is 21.2. The molecule has 8 heterocycles. The minimum absolute atomic E-state index is 0.0859. The Balaban J connectivity index is 1.43. The van der Waals surface area contributed by atoms with E-state index in [-0.39, 0.29) is 11.8 Å². The third kappa shape index (κ3) is 3.04. The maximum absolute atomic E-state index is 14.8. The molecule has 3 nitrogen and oxygen atoms in total. The van der Waals surface area contributed by atoms with Crippen LogP contribution >= 0.6 is 68.4 Å². The van der Waals surface area contributed by atoms with Gasteiger partial charge in [-0.3, -0.25) is 9.59 Å². The van der Waals surface area contributed by atoms with Crippen LogP contribution in [0.2, 0.25) is 0 Å². The predicted molar refractivity (Wildman–Crippen MR) is 175 cm³/mol. The minimum Gasteiger partial charge on any atom is -0.274 e. The van der Waals surface area contributed by atoms with E-state index in [2.05, 4.69) is 70.1 Å². The molecule has 2 fully saturated rings. The highest BCUT2D eigenvalue weighted by Crippen LogP contribution is 2.82. The van der Waals surface area contributed by atoms with E-state index >= 15 is 0 Å². The Morgan fingerprint density at radius 3 is 1.49 bits per heavy atom. The van der Waals surface area contributed by atoms with Gasteiger partial charge in [0, 0.05) is 19.5 Å². The summed E-state index contributed by atoms with van der Waals surface area (Å²) in [7, 11) is 0. The Hall–Kier alpha value is -2.79. The molecule has 0 unspecified atom stereocenters. The van der Waals surface area contributed by atoms with Crippen molar-refractivity contribution in [3.05, 3.63) is 121 Å². The minimum atomic E-state index is -0.667. The fraction of sp³-hybridized carbons (Fsp3) is 0.125. The molecule has 41 heavy (non-hydrogen) atoms.